The zero-order valence-electron chi connectivity index (χ0n) is 28.1. The fourth-order valence-electron chi connectivity index (χ4n) is 5.26. The van der Waals surface area contributed by atoms with Crippen LogP contribution < -0.4 is 20.7 Å². The Bertz CT molecular complexity index is 1470. The van der Waals surface area contributed by atoms with Crippen LogP contribution in [0.3, 0.4) is 0 Å². The molecule has 3 rings (SSSR count). The smallest absolute Gasteiger partial charge is 0.243 e. The fraction of sp³-hybridized carbons (Fsp3) is 0.486. The maximum atomic E-state index is 13.4. The summed E-state index contributed by atoms with van der Waals surface area (Å²) in [5.74, 6) is 0.636. The maximum Gasteiger partial charge on any atom is 0.243 e. The summed E-state index contributed by atoms with van der Waals surface area (Å²) in [4.78, 5) is 39.4. The van der Waals surface area contributed by atoms with Gasteiger partial charge < -0.3 is 30.5 Å². The van der Waals surface area contributed by atoms with Crippen LogP contribution in [0, 0.1) is 0 Å². The van der Waals surface area contributed by atoms with Crippen molar-refractivity contribution in [1.82, 2.24) is 20.9 Å². The number of carbonyl (C=O) groups is 3. The molecule has 45 heavy (non-hydrogen) atoms. The Balaban J connectivity index is 1.72. The lowest BCUT2D eigenvalue weighted by atomic mass is 9.80. The second-order valence-electron chi connectivity index (χ2n) is 12.7. The monoisotopic (exact) mass is 616 g/mol. The predicted octanol–water partition coefficient (Wildman–Crippen LogP) is 6.45. The van der Waals surface area contributed by atoms with E-state index in [9.17, 15) is 14.4 Å². The van der Waals surface area contributed by atoms with Crippen molar-refractivity contribution in [2.75, 3.05) is 19.7 Å². The maximum absolute atomic E-state index is 13.4. The van der Waals surface area contributed by atoms with Crippen molar-refractivity contribution in [3.63, 3.8) is 0 Å². The van der Waals surface area contributed by atoms with E-state index in [1.807, 2.05) is 44.3 Å². The second kappa shape index (κ2) is 16.8. The Morgan fingerprint density at radius 2 is 1.82 bits per heavy atom. The first-order valence-corrected chi connectivity index (χ1v) is 16.2. The first kappa shape index (κ1) is 35.4. The summed E-state index contributed by atoms with van der Waals surface area (Å²) in [6.45, 7) is 15.6. The van der Waals surface area contributed by atoms with Crippen LogP contribution >= 0.6 is 0 Å². The molecular formula is C37H52N4O4. The molecule has 0 bridgehead atoms. The van der Waals surface area contributed by atoms with Crippen molar-refractivity contribution >= 4 is 29.0 Å². The number of fused-ring (bicyclic) bond motifs is 1. The van der Waals surface area contributed by atoms with Crippen molar-refractivity contribution in [3.8, 4) is 5.75 Å². The first-order chi connectivity index (χ1) is 21.5. The Morgan fingerprint density at radius 1 is 1.07 bits per heavy atom. The van der Waals surface area contributed by atoms with Crippen molar-refractivity contribution in [3.05, 3.63) is 76.6 Å². The number of benzene rings is 2. The van der Waals surface area contributed by atoms with E-state index in [1.54, 1.807) is 0 Å². The third-order valence-electron chi connectivity index (χ3n) is 8.82. The molecule has 3 aromatic rings. The Morgan fingerprint density at radius 3 is 2.51 bits per heavy atom. The molecule has 2 amide bonds. The molecule has 0 spiro atoms. The summed E-state index contributed by atoms with van der Waals surface area (Å²) >= 11 is 0. The van der Waals surface area contributed by atoms with Crippen LogP contribution in [0.15, 0.2) is 59.9 Å². The largest absolute Gasteiger partial charge is 0.493 e. The van der Waals surface area contributed by atoms with Gasteiger partial charge in [-0.2, -0.15) is 0 Å². The molecule has 0 radical (unpaired) electrons. The summed E-state index contributed by atoms with van der Waals surface area (Å²) in [5.41, 5.74) is 6.77. The molecule has 8 nitrogen and oxygen atoms in total. The van der Waals surface area contributed by atoms with E-state index in [0.29, 0.717) is 31.7 Å². The SMILES string of the molecule is CCC(C)c1cc(C(C)(C)CC)ccc1OCCCC(NC(Cc1c[nH]c2ccccc12)C(=O)NCC(=O)NCC=O)=C(C)C. The highest BCUT2D eigenvalue weighted by molar-refractivity contribution is 5.89. The van der Waals surface area contributed by atoms with Gasteiger partial charge in [0.25, 0.3) is 0 Å². The molecule has 0 fully saturated rings. The highest BCUT2D eigenvalue weighted by Crippen LogP contribution is 2.35. The van der Waals surface area contributed by atoms with Gasteiger partial charge in [-0.1, -0.05) is 70.5 Å². The molecule has 1 heterocycles. The van der Waals surface area contributed by atoms with Gasteiger partial charge in [0.05, 0.1) is 19.7 Å². The molecule has 244 valence electrons. The summed E-state index contributed by atoms with van der Waals surface area (Å²) < 4.78 is 6.37. The van der Waals surface area contributed by atoms with Gasteiger partial charge in [0.1, 0.15) is 18.1 Å². The summed E-state index contributed by atoms with van der Waals surface area (Å²) in [6, 6.07) is 14.0. The van der Waals surface area contributed by atoms with E-state index in [0.717, 1.165) is 52.7 Å². The topological polar surface area (TPSA) is 112 Å². The number of ether oxygens (including phenoxy) is 1. The number of hydrogen-bond donors (Lipinski definition) is 4. The van der Waals surface area contributed by atoms with Crippen LogP contribution in [-0.4, -0.2) is 48.8 Å². The molecule has 1 aromatic heterocycles. The van der Waals surface area contributed by atoms with E-state index in [4.69, 9.17) is 4.74 Å². The Hall–Kier alpha value is -4.07. The number of carbonyl (C=O) groups excluding carboxylic acids is 3. The van der Waals surface area contributed by atoms with E-state index < -0.39 is 11.9 Å². The number of hydrogen-bond acceptors (Lipinski definition) is 5. The zero-order valence-corrected chi connectivity index (χ0v) is 28.1. The molecule has 0 saturated heterocycles. The lowest BCUT2D eigenvalue weighted by molar-refractivity contribution is -0.127. The van der Waals surface area contributed by atoms with Gasteiger partial charge in [-0.05, 0) is 79.7 Å². The molecule has 0 aliphatic heterocycles. The quantitative estimate of drug-likeness (QED) is 0.0969. The normalized spacial score (nSPS) is 12.7. The molecule has 8 heteroatoms. The highest BCUT2D eigenvalue weighted by atomic mass is 16.5. The van der Waals surface area contributed by atoms with Crippen LogP contribution in [-0.2, 0) is 26.2 Å². The molecule has 4 N–H and O–H groups in total. The minimum atomic E-state index is -0.611. The van der Waals surface area contributed by atoms with Crippen molar-refractivity contribution in [2.24, 2.45) is 0 Å². The number of amides is 2. The van der Waals surface area contributed by atoms with Gasteiger partial charge in [0.15, 0.2) is 0 Å². The van der Waals surface area contributed by atoms with Gasteiger partial charge in [-0.25, -0.2) is 0 Å². The minimum Gasteiger partial charge on any atom is -0.493 e. The van der Waals surface area contributed by atoms with Crippen molar-refractivity contribution < 1.29 is 19.1 Å². The van der Waals surface area contributed by atoms with Crippen LogP contribution in [0.4, 0.5) is 0 Å². The van der Waals surface area contributed by atoms with Crippen LogP contribution in [0.5, 0.6) is 5.75 Å². The number of aromatic amines is 1. The van der Waals surface area contributed by atoms with E-state index in [2.05, 4.69) is 73.8 Å². The first-order valence-electron chi connectivity index (χ1n) is 16.2. The van der Waals surface area contributed by atoms with Crippen molar-refractivity contribution in [2.45, 2.75) is 97.9 Å². The third-order valence-corrected chi connectivity index (χ3v) is 8.82. The van der Waals surface area contributed by atoms with E-state index >= 15 is 0 Å². The van der Waals surface area contributed by atoms with Gasteiger partial charge in [0.2, 0.25) is 11.8 Å². The van der Waals surface area contributed by atoms with Crippen molar-refractivity contribution in [1.29, 1.82) is 0 Å². The second-order valence-corrected chi connectivity index (χ2v) is 12.7. The van der Waals surface area contributed by atoms with Crippen LogP contribution in [0.25, 0.3) is 10.9 Å². The van der Waals surface area contributed by atoms with Gasteiger partial charge in [-0.15, -0.1) is 0 Å². The molecular weight excluding hydrogens is 564 g/mol. The minimum absolute atomic E-state index is 0.0879. The lowest BCUT2D eigenvalue weighted by Gasteiger charge is -2.26. The van der Waals surface area contributed by atoms with Crippen LogP contribution in [0.2, 0.25) is 0 Å². The molecule has 2 unspecified atom stereocenters. The van der Waals surface area contributed by atoms with Crippen LogP contribution in [0.1, 0.15) is 96.8 Å². The molecule has 2 atom stereocenters. The third kappa shape index (κ3) is 9.96. The number of para-hydroxylation sites is 1. The Kier molecular flexibility index (Phi) is 13.3. The predicted molar refractivity (Wildman–Crippen MR) is 183 cm³/mol. The number of H-pyrrole nitrogens is 1. The standard InChI is InChI=1S/C37H52N4O4/c1-8-26(5)30-22-28(37(6,7)9-2)16-17-34(30)45-20-12-15-31(25(3)4)41-33(36(44)40-24-35(43)38-18-19-42)21-27-23-39-32-14-11-10-13-29(27)32/h10-11,13-14,16-17,19,22-23,26,33,39,41H,8-9,12,15,18,20-21,24H2,1-7H3,(H,38,43)(H,40,44). The fourth-order valence-corrected chi connectivity index (χ4v) is 5.26. The number of allylic oxidation sites excluding steroid dienone is 2. The Labute approximate surface area is 268 Å². The van der Waals surface area contributed by atoms with E-state index in [-0.39, 0.29) is 24.4 Å². The zero-order chi connectivity index (χ0) is 33.0. The average Bonchev–Trinajstić information content (AvgIpc) is 3.45. The molecule has 0 aliphatic rings. The van der Waals surface area contributed by atoms with Gasteiger partial charge >= 0.3 is 0 Å². The van der Waals surface area contributed by atoms with E-state index in [1.165, 1.54) is 11.1 Å². The van der Waals surface area contributed by atoms with Gasteiger partial charge in [0, 0.05) is 29.2 Å². The lowest BCUT2D eigenvalue weighted by Crippen LogP contribution is -2.48. The molecule has 0 aliphatic carbocycles. The number of aldehydes is 1. The average molecular weight is 617 g/mol. The molecule has 2 aromatic carbocycles. The summed E-state index contributed by atoms with van der Waals surface area (Å²) in [6.07, 6.45) is 6.55. The summed E-state index contributed by atoms with van der Waals surface area (Å²) in [5, 5.41) is 9.76. The molecule has 0 saturated carbocycles. The van der Waals surface area contributed by atoms with Gasteiger partial charge in [-0.3, -0.25) is 9.59 Å². The number of rotatable bonds is 18. The number of nitrogens with one attached hydrogen (secondary N) is 4. The highest BCUT2D eigenvalue weighted by Gasteiger charge is 2.23. The summed E-state index contributed by atoms with van der Waals surface area (Å²) in [7, 11) is 0. The number of aromatic nitrogens is 1.